The first-order valence-electron chi connectivity index (χ1n) is 13.3. The number of ether oxygens (including phenoxy) is 1. The second kappa shape index (κ2) is 11.9. The van der Waals surface area contributed by atoms with E-state index in [1.54, 1.807) is 29.6 Å². The van der Waals surface area contributed by atoms with Crippen LogP contribution in [0.5, 0.6) is 5.75 Å². The van der Waals surface area contributed by atoms with Crippen LogP contribution in [0, 0.1) is 0 Å². The molecule has 0 aromatic heterocycles. The van der Waals surface area contributed by atoms with Crippen LogP contribution in [0.2, 0.25) is 10.0 Å². The third kappa shape index (κ3) is 5.69. The van der Waals surface area contributed by atoms with Gasteiger partial charge in [0.1, 0.15) is 5.75 Å². The number of benzene rings is 3. The van der Waals surface area contributed by atoms with Crippen LogP contribution in [0.15, 0.2) is 77.7 Å². The Kier molecular flexibility index (Phi) is 8.53. The summed E-state index contributed by atoms with van der Waals surface area (Å²) >= 11 is 12.3. The minimum atomic E-state index is -3.88. The summed E-state index contributed by atoms with van der Waals surface area (Å²) in [5.41, 5.74) is 2.04. The summed E-state index contributed by atoms with van der Waals surface area (Å²) in [7, 11) is -2.28. The Morgan fingerprint density at radius 3 is 2.18 bits per heavy atom. The fourth-order valence-corrected chi connectivity index (χ4v) is 8.21. The van der Waals surface area contributed by atoms with Crippen molar-refractivity contribution in [2.24, 2.45) is 0 Å². The average molecular weight is 574 g/mol. The van der Waals surface area contributed by atoms with Gasteiger partial charge >= 0.3 is 0 Å². The first-order valence-corrected chi connectivity index (χ1v) is 15.5. The molecule has 3 aromatic carbocycles. The van der Waals surface area contributed by atoms with E-state index in [4.69, 9.17) is 27.9 Å². The van der Waals surface area contributed by atoms with E-state index in [2.05, 4.69) is 35.2 Å². The molecule has 2 fully saturated rings. The zero-order valence-corrected chi connectivity index (χ0v) is 23.9. The van der Waals surface area contributed by atoms with Crippen LogP contribution in [-0.4, -0.2) is 45.6 Å². The molecule has 0 radical (unpaired) electrons. The Morgan fingerprint density at radius 1 is 0.842 bits per heavy atom. The molecule has 3 aromatic rings. The minimum absolute atomic E-state index is 0.140. The first-order chi connectivity index (χ1) is 18.4. The normalized spacial score (nSPS) is 21.2. The van der Waals surface area contributed by atoms with E-state index in [1.165, 1.54) is 43.4 Å². The third-order valence-electron chi connectivity index (χ3n) is 8.03. The number of piperidine rings is 1. The molecule has 2 atom stereocenters. The van der Waals surface area contributed by atoms with Crippen LogP contribution >= 0.6 is 23.2 Å². The van der Waals surface area contributed by atoms with Gasteiger partial charge in [-0.1, -0.05) is 66.4 Å². The van der Waals surface area contributed by atoms with E-state index in [-0.39, 0.29) is 16.0 Å². The summed E-state index contributed by atoms with van der Waals surface area (Å²) in [6.07, 6.45) is 6.42. The van der Waals surface area contributed by atoms with Gasteiger partial charge in [0.25, 0.3) is 10.0 Å². The zero-order valence-electron chi connectivity index (χ0n) is 21.6. The molecule has 0 unspecified atom stereocenters. The monoisotopic (exact) mass is 572 g/mol. The molecule has 202 valence electrons. The summed E-state index contributed by atoms with van der Waals surface area (Å²) in [5, 5.41) is 0.553. The molecule has 0 amide bonds. The van der Waals surface area contributed by atoms with Crippen LogP contribution in [-0.2, 0) is 10.0 Å². The maximum absolute atomic E-state index is 14.0. The second-order valence-corrected chi connectivity index (χ2v) is 12.8. The lowest BCUT2D eigenvalue weighted by atomic mass is 9.78. The van der Waals surface area contributed by atoms with Crippen LogP contribution in [0.1, 0.15) is 50.0 Å². The van der Waals surface area contributed by atoms with Crippen molar-refractivity contribution in [3.8, 4) is 5.75 Å². The highest BCUT2D eigenvalue weighted by molar-refractivity contribution is 7.92. The molecule has 2 aliphatic rings. The summed E-state index contributed by atoms with van der Waals surface area (Å²) in [6.45, 7) is 1.73. The number of methoxy groups -OCH3 is 1. The number of rotatable bonds is 7. The van der Waals surface area contributed by atoms with Crippen molar-refractivity contribution in [2.75, 3.05) is 24.5 Å². The molecule has 8 heteroatoms. The number of nitrogens with zero attached hydrogens (tertiary/aromatic N) is 2. The van der Waals surface area contributed by atoms with Gasteiger partial charge in [0, 0.05) is 25.2 Å². The number of halogens is 2. The zero-order chi connectivity index (χ0) is 26.7. The van der Waals surface area contributed by atoms with E-state index in [1.807, 2.05) is 12.1 Å². The largest absolute Gasteiger partial charge is 0.497 e. The molecule has 0 spiro atoms. The number of hydrogen-bond acceptors (Lipinski definition) is 4. The van der Waals surface area contributed by atoms with Crippen LogP contribution < -0.4 is 9.04 Å². The van der Waals surface area contributed by atoms with Crippen molar-refractivity contribution in [3.63, 3.8) is 0 Å². The summed E-state index contributed by atoms with van der Waals surface area (Å²) in [6, 6.07) is 22.9. The maximum Gasteiger partial charge on any atom is 0.264 e. The predicted molar refractivity (Wildman–Crippen MR) is 155 cm³/mol. The molecular weight excluding hydrogens is 539 g/mol. The summed E-state index contributed by atoms with van der Waals surface area (Å²) in [5.74, 6) is 1.21. The Morgan fingerprint density at radius 2 is 1.53 bits per heavy atom. The Labute approximate surface area is 236 Å². The smallest absolute Gasteiger partial charge is 0.264 e. The van der Waals surface area contributed by atoms with Crippen molar-refractivity contribution in [1.29, 1.82) is 0 Å². The third-order valence-corrected chi connectivity index (χ3v) is 10.6. The van der Waals surface area contributed by atoms with Gasteiger partial charge < -0.3 is 4.74 Å². The van der Waals surface area contributed by atoms with Gasteiger partial charge in [-0.15, -0.1) is 0 Å². The molecule has 0 bridgehead atoms. The van der Waals surface area contributed by atoms with Crippen molar-refractivity contribution in [1.82, 2.24) is 4.90 Å². The second-order valence-electron chi connectivity index (χ2n) is 10.2. The van der Waals surface area contributed by atoms with Gasteiger partial charge in [-0.05, 0) is 79.6 Å². The average Bonchev–Trinajstić information content (AvgIpc) is 2.96. The van der Waals surface area contributed by atoms with Gasteiger partial charge in [0.2, 0.25) is 0 Å². The van der Waals surface area contributed by atoms with Crippen molar-refractivity contribution in [2.45, 2.75) is 61.4 Å². The fraction of sp³-hybridized carbons (Fsp3) is 0.400. The molecular formula is C30H34Cl2N2O3S. The van der Waals surface area contributed by atoms with Crippen LogP contribution in [0.3, 0.4) is 0 Å². The Bertz CT molecular complexity index is 1330. The van der Waals surface area contributed by atoms with Crippen LogP contribution in [0.25, 0.3) is 0 Å². The first kappa shape index (κ1) is 27.3. The molecule has 5 rings (SSSR count). The van der Waals surface area contributed by atoms with Crippen LogP contribution in [0.4, 0.5) is 5.69 Å². The summed E-state index contributed by atoms with van der Waals surface area (Å²) in [4.78, 5) is 2.74. The van der Waals surface area contributed by atoms with Crippen molar-refractivity contribution in [3.05, 3.63) is 88.4 Å². The van der Waals surface area contributed by atoms with E-state index >= 15 is 0 Å². The highest BCUT2D eigenvalue weighted by Gasteiger charge is 2.38. The predicted octanol–water partition coefficient (Wildman–Crippen LogP) is 7.39. The number of sulfonamides is 1. The fourth-order valence-electron chi connectivity index (χ4n) is 6.12. The molecule has 1 saturated heterocycles. The van der Waals surface area contributed by atoms with E-state index in [0.717, 1.165) is 25.9 Å². The molecule has 1 heterocycles. The van der Waals surface area contributed by atoms with E-state index in [9.17, 15) is 8.42 Å². The highest BCUT2D eigenvalue weighted by atomic mass is 35.5. The summed E-state index contributed by atoms with van der Waals surface area (Å²) < 4.78 is 35.0. The molecule has 1 aliphatic carbocycles. The molecule has 5 nitrogen and oxygen atoms in total. The van der Waals surface area contributed by atoms with E-state index in [0.29, 0.717) is 28.4 Å². The SMILES string of the molecule is COc1ccc(N(C2CCN([C@@H]3CCCC[C@@H]3c3ccccc3)CC2)S(=O)(=O)c2ccc(Cl)c(Cl)c2)cc1. The van der Waals surface area contributed by atoms with E-state index < -0.39 is 10.0 Å². The lowest BCUT2D eigenvalue weighted by molar-refractivity contribution is 0.107. The highest BCUT2D eigenvalue weighted by Crippen LogP contribution is 2.39. The lowest BCUT2D eigenvalue weighted by Crippen LogP contribution is -2.51. The van der Waals surface area contributed by atoms with Gasteiger partial charge in [0.05, 0.1) is 27.7 Å². The maximum atomic E-state index is 14.0. The number of anilines is 1. The van der Waals surface area contributed by atoms with Crippen molar-refractivity contribution >= 4 is 38.9 Å². The standard InChI is InChI=1S/C30H34Cl2N2O3S/c1-37-25-13-11-23(12-14-25)34(38(35,36)26-15-16-28(31)29(32)21-26)24-17-19-33(20-18-24)30-10-6-5-9-27(30)22-7-3-2-4-8-22/h2-4,7-8,11-16,21,24,27,30H,5-6,9-10,17-20H2,1H3/t27-,30-/m1/s1. The quantitative estimate of drug-likeness (QED) is 0.296. The minimum Gasteiger partial charge on any atom is -0.497 e. The molecule has 1 aliphatic heterocycles. The Hall–Kier alpha value is -2.25. The van der Waals surface area contributed by atoms with Gasteiger partial charge in [0.15, 0.2) is 0 Å². The van der Waals surface area contributed by atoms with Gasteiger partial charge in [-0.25, -0.2) is 8.42 Å². The van der Waals surface area contributed by atoms with Crippen molar-refractivity contribution < 1.29 is 13.2 Å². The molecule has 1 saturated carbocycles. The molecule has 0 N–H and O–H groups in total. The molecule has 38 heavy (non-hydrogen) atoms. The van der Waals surface area contributed by atoms with Gasteiger partial charge in [-0.2, -0.15) is 0 Å². The topological polar surface area (TPSA) is 49.9 Å². The number of likely N-dealkylation sites (tertiary alicyclic amines) is 1. The van der Waals surface area contributed by atoms with Gasteiger partial charge in [-0.3, -0.25) is 9.21 Å². The lowest BCUT2D eigenvalue weighted by Gasteiger charge is -2.45. The Balaban J connectivity index is 1.41. The number of hydrogen-bond donors (Lipinski definition) is 0.